The number of aryl methyl sites for hydroxylation is 1. The van der Waals surface area contributed by atoms with Crippen LogP contribution >= 0.6 is 34.5 Å². The molecule has 1 aromatic heterocycles. The number of nitrogens with one attached hydrogen (secondary N) is 1. The molecule has 0 spiro atoms. The van der Waals surface area contributed by atoms with Crippen molar-refractivity contribution in [1.82, 2.24) is 9.71 Å². The molecule has 0 fully saturated rings. The summed E-state index contributed by atoms with van der Waals surface area (Å²) >= 11 is 12.6. The zero-order valence-corrected chi connectivity index (χ0v) is 13.0. The zero-order valence-electron chi connectivity index (χ0n) is 9.85. The van der Waals surface area contributed by atoms with Gasteiger partial charge in [-0.1, -0.05) is 52.7 Å². The van der Waals surface area contributed by atoms with Gasteiger partial charge in [-0.05, 0) is 18.6 Å². The van der Waals surface area contributed by atoms with E-state index in [1.54, 1.807) is 31.2 Å². The second-order valence-corrected chi connectivity index (χ2v) is 7.71. The Bertz CT molecular complexity index is 698. The number of rotatable bonds is 4. The first-order chi connectivity index (χ1) is 8.90. The van der Waals surface area contributed by atoms with Gasteiger partial charge in [0.15, 0.2) is 8.68 Å². The Labute approximate surface area is 125 Å². The third-order valence-electron chi connectivity index (χ3n) is 2.38. The third-order valence-corrected chi connectivity index (χ3v) is 6.02. The van der Waals surface area contributed by atoms with Gasteiger partial charge in [0, 0.05) is 11.6 Å². The van der Waals surface area contributed by atoms with Crippen LogP contribution in [-0.4, -0.2) is 13.4 Å². The fourth-order valence-electron chi connectivity index (χ4n) is 1.48. The van der Waals surface area contributed by atoms with E-state index in [4.69, 9.17) is 23.2 Å². The number of nitrogens with zero attached hydrogens (tertiary/aromatic N) is 1. The average molecular weight is 337 g/mol. The van der Waals surface area contributed by atoms with Gasteiger partial charge >= 0.3 is 0 Å². The molecule has 0 aliphatic heterocycles. The second kappa shape index (κ2) is 5.76. The summed E-state index contributed by atoms with van der Waals surface area (Å²) in [7, 11) is -3.62. The second-order valence-electron chi connectivity index (χ2n) is 3.76. The average Bonchev–Trinajstić information content (AvgIpc) is 2.68. The third kappa shape index (κ3) is 3.46. The molecule has 0 atom stereocenters. The maximum atomic E-state index is 12.1. The highest BCUT2D eigenvalue weighted by Gasteiger charge is 2.21. The van der Waals surface area contributed by atoms with E-state index in [0.29, 0.717) is 16.3 Å². The van der Waals surface area contributed by atoms with Crippen molar-refractivity contribution >= 4 is 44.6 Å². The highest BCUT2D eigenvalue weighted by Crippen LogP contribution is 2.26. The lowest BCUT2D eigenvalue weighted by Gasteiger charge is -2.06. The van der Waals surface area contributed by atoms with Crippen LogP contribution in [0.4, 0.5) is 0 Å². The van der Waals surface area contributed by atoms with Crippen molar-refractivity contribution in [2.45, 2.75) is 17.7 Å². The van der Waals surface area contributed by atoms with Crippen molar-refractivity contribution in [2.75, 3.05) is 0 Å². The molecule has 1 N–H and O–H groups in total. The highest BCUT2D eigenvalue weighted by molar-refractivity contribution is 7.91. The summed E-state index contributed by atoms with van der Waals surface area (Å²) in [6.45, 7) is 1.73. The van der Waals surface area contributed by atoms with Gasteiger partial charge in [-0.15, -0.1) is 0 Å². The van der Waals surface area contributed by atoms with Crippen LogP contribution in [-0.2, 0) is 16.6 Å². The molecule has 0 amide bonds. The molecule has 19 heavy (non-hydrogen) atoms. The first-order valence-electron chi connectivity index (χ1n) is 5.26. The van der Waals surface area contributed by atoms with Gasteiger partial charge in [0.05, 0.1) is 5.69 Å². The van der Waals surface area contributed by atoms with Crippen LogP contribution < -0.4 is 4.72 Å². The van der Waals surface area contributed by atoms with Crippen molar-refractivity contribution in [1.29, 1.82) is 0 Å². The van der Waals surface area contributed by atoms with E-state index in [0.717, 1.165) is 11.3 Å². The summed E-state index contributed by atoms with van der Waals surface area (Å²) < 4.78 is 27.0. The summed E-state index contributed by atoms with van der Waals surface area (Å²) in [6.07, 6.45) is 0. The first-order valence-corrected chi connectivity index (χ1v) is 8.32. The molecule has 2 rings (SSSR count). The summed E-state index contributed by atoms with van der Waals surface area (Å²) in [4.78, 5) is 3.89. The summed E-state index contributed by atoms with van der Waals surface area (Å²) in [6, 6.07) is 7.05. The van der Waals surface area contributed by atoms with E-state index < -0.39 is 10.0 Å². The minimum atomic E-state index is -3.62. The van der Waals surface area contributed by atoms with Crippen molar-refractivity contribution in [3.05, 3.63) is 45.0 Å². The molecule has 102 valence electrons. The van der Waals surface area contributed by atoms with Gasteiger partial charge in [-0.2, -0.15) is 0 Å². The fourth-order valence-corrected chi connectivity index (χ4v) is 4.47. The van der Waals surface area contributed by atoms with Crippen molar-refractivity contribution < 1.29 is 8.42 Å². The minimum Gasteiger partial charge on any atom is -0.229 e. The van der Waals surface area contributed by atoms with Crippen molar-refractivity contribution in [3.8, 4) is 0 Å². The molecule has 4 nitrogen and oxygen atoms in total. The van der Waals surface area contributed by atoms with E-state index in [2.05, 4.69) is 9.71 Å². The number of sulfonamides is 1. The first kappa shape index (κ1) is 14.7. The van der Waals surface area contributed by atoms with Gasteiger partial charge < -0.3 is 0 Å². The van der Waals surface area contributed by atoms with E-state index in [1.165, 1.54) is 0 Å². The van der Waals surface area contributed by atoms with Crippen LogP contribution in [0, 0.1) is 6.92 Å². The number of hydrogen-bond donors (Lipinski definition) is 1. The van der Waals surface area contributed by atoms with E-state index in [9.17, 15) is 8.42 Å². The molecule has 0 radical (unpaired) electrons. The molecule has 8 heteroatoms. The number of hydrogen-bond acceptors (Lipinski definition) is 4. The van der Waals surface area contributed by atoms with Gasteiger partial charge in [-0.25, -0.2) is 18.1 Å². The molecule has 0 saturated heterocycles. The lowest BCUT2D eigenvalue weighted by molar-refractivity contribution is 0.582. The van der Waals surface area contributed by atoms with Crippen LogP contribution in [0.25, 0.3) is 0 Å². The Hall–Kier alpha value is -0.660. The quantitative estimate of drug-likeness (QED) is 0.932. The van der Waals surface area contributed by atoms with E-state index in [-0.39, 0.29) is 15.2 Å². The normalized spacial score (nSPS) is 11.7. The fraction of sp³-hybridized carbons (Fsp3) is 0.182. The SMILES string of the molecule is Cc1nc(Cl)sc1S(=O)(=O)NCc1ccccc1Cl. The standard InChI is InChI=1S/C11H10Cl2N2O2S2/c1-7-10(18-11(13)15-7)19(16,17)14-6-8-4-2-3-5-9(8)12/h2-5,14H,6H2,1H3. The van der Waals surface area contributed by atoms with E-state index >= 15 is 0 Å². The molecular weight excluding hydrogens is 327 g/mol. The molecule has 0 aliphatic carbocycles. The van der Waals surface area contributed by atoms with Crippen molar-refractivity contribution in [2.24, 2.45) is 0 Å². The molecule has 0 saturated carbocycles. The van der Waals surface area contributed by atoms with Crippen LogP contribution in [0.3, 0.4) is 0 Å². The van der Waals surface area contributed by atoms with Gasteiger partial charge in [-0.3, -0.25) is 0 Å². The van der Waals surface area contributed by atoms with Crippen LogP contribution in [0.5, 0.6) is 0 Å². The predicted octanol–water partition coefficient (Wildman–Crippen LogP) is 3.24. The molecular formula is C11H10Cl2N2O2S2. The summed E-state index contributed by atoms with van der Waals surface area (Å²) in [5.41, 5.74) is 1.10. The smallest absolute Gasteiger partial charge is 0.229 e. The summed E-state index contributed by atoms with van der Waals surface area (Å²) in [5.74, 6) is 0. The van der Waals surface area contributed by atoms with Gasteiger partial charge in [0.1, 0.15) is 0 Å². The Kier molecular flexibility index (Phi) is 4.47. The number of thiazole rings is 1. The molecule has 1 aromatic carbocycles. The lowest BCUT2D eigenvalue weighted by Crippen LogP contribution is -2.23. The Balaban J connectivity index is 2.19. The van der Waals surface area contributed by atoms with Gasteiger partial charge in [0.25, 0.3) is 10.0 Å². The minimum absolute atomic E-state index is 0.122. The number of halogens is 2. The lowest BCUT2D eigenvalue weighted by atomic mass is 10.2. The highest BCUT2D eigenvalue weighted by atomic mass is 35.5. The van der Waals surface area contributed by atoms with Crippen molar-refractivity contribution in [3.63, 3.8) is 0 Å². The largest absolute Gasteiger partial charge is 0.252 e. The molecule has 2 aromatic rings. The monoisotopic (exact) mass is 336 g/mol. The predicted molar refractivity (Wildman–Crippen MR) is 77.3 cm³/mol. The Morgan fingerprint density at radius 1 is 1.32 bits per heavy atom. The van der Waals surface area contributed by atoms with Crippen LogP contribution in [0.2, 0.25) is 9.49 Å². The van der Waals surface area contributed by atoms with Crippen LogP contribution in [0.1, 0.15) is 11.3 Å². The van der Waals surface area contributed by atoms with E-state index in [1.807, 2.05) is 0 Å². The Morgan fingerprint density at radius 2 is 2.00 bits per heavy atom. The Morgan fingerprint density at radius 3 is 2.58 bits per heavy atom. The zero-order chi connectivity index (χ0) is 14.0. The maximum Gasteiger partial charge on any atom is 0.252 e. The van der Waals surface area contributed by atoms with Crippen LogP contribution in [0.15, 0.2) is 28.5 Å². The van der Waals surface area contributed by atoms with Gasteiger partial charge in [0.2, 0.25) is 0 Å². The summed E-state index contributed by atoms with van der Waals surface area (Å²) in [5, 5.41) is 0.518. The molecule has 1 heterocycles. The maximum absolute atomic E-state index is 12.1. The number of aromatic nitrogens is 1. The molecule has 0 aliphatic rings. The topological polar surface area (TPSA) is 59.1 Å². The number of benzene rings is 1. The molecule has 0 bridgehead atoms. The molecule has 0 unspecified atom stereocenters.